The Labute approximate surface area is 180 Å². The van der Waals surface area contributed by atoms with E-state index in [-0.39, 0.29) is 5.56 Å². The quantitative estimate of drug-likeness (QED) is 0.399. The van der Waals surface area contributed by atoms with Crippen LogP contribution < -0.4 is 5.32 Å². The summed E-state index contributed by atoms with van der Waals surface area (Å²) in [6, 6.07) is 18.9. The summed E-state index contributed by atoms with van der Waals surface area (Å²) in [5.74, 6) is -1.09. The molecule has 0 radical (unpaired) electrons. The molecule has 0 bridgehead atoms. The molecule has 3 aromatic carbocycles. The van der Waals surface area contributed by atoms with Crippen molar-refractivity contribution in [2.45, 2.75) is 0 Å². The Morgan fingerprint density at radius 1 is 1.03 bits per heavy atom. The number of esters is 1. The second kappa shape index (κ2) is 8.00. The Morgan fingerprint density at radius 3 is 2.81 bits per heavy atom. The van der Waals surface area contributed by atoms with Crippen LogP contribution in [0.4, 0.5) is 5.13 Å². The molecule has 1 amide bonds. The van der Waals surface area contributed by atoms with Crippen molar-refractivity contribution < 1.29 is 18.7 Å². The fourth-order valence-electron chi connectivity index (χ4n) is 3.16. The molecule has 0 unspecified atom stereocenters. The molecule has 2 aromatic heterocycles. The van der Waals surface area contributed by atoms with Crippen molar-refractivity contribution in [3.63, 3.8) is 0 Å². The standard InChI is InChI=1S/C23H15N3O4S/c27-21(11-29-22(28)17-7-8-18-20(10-17)30-13-24-18)26-23-25-19(12-31-23)16-6-5-14-3-1-2-4-15(14)9-16/h1-10,12-13H,11H2,(H,25,26,27). The molecule has 0 spiro atoms. The van der Waals surface area contributed by atoms with Gasteiger partial charge < -0.3 is 9.15 Å². The summed E-state index contributed by atoms with van der Waals surface area (Å²) < 4.78 is 10.3. The molecule has 0 saturated heterocycles. The second-order valence-corrected chi connectivity index (χ2v) is 7.62. The van der Waals surface area contributed by atoms with Gasteiger partial charge in [-0.2, -0.15) is 0 Å². The van der Waals surface area contributed by atoms with Crippen LogP contribution in [-0.4, -0.2) is 28.5 Å². The van der Waals surface area contributed by atoms with Gasteiger partial charge in [0.05, 0.1) is 11.3 Å². The molecule has 7 nitrogen and oxygen atoms in total. The van der Waals surface area contributed by atoms with E-state index < -0.39 is 18.5 Å². The van der Waals surface area contributed by atoms with Gasteiger partial charge in [-0.25, -0.2) is 14.8 Å². The lowest BCUT2D eigenvalue weighted by Gasteiger charge is -2.05. The molecule has 0 aliphatic carbocycles. The van der Waals surface area contributed by atoms with Gasteiger partial charge in [0.1, 0.15) is 5.52 Å². The molecule has 8 heteroatoms. The third kappa shape index (κ3) is 4.01. The SMILES string of the molecule is O=C(COC(=O)c1ccc2ncoc2c1)Nc1nc(-c2ccc3ccccc3c2)cs1. The van der Waals surface area contributed by atoms with Gasteiger partial charge >= 0.3 is 5.97 Å². The highest BCUT2D eigenvalue weighted by molar-refractivity contribution is 7.14. The minimum atomic E-state index is -0.621. The van der Waals surface area contributed by atoms with Crippen molar-refractivity contribution in [1.29, 1.82) is 0 Å². The van der Waals surface area contributed by atoms with Gasteiger partial charge in [0.2, 0.25) is 0 Å². The van der Waals surface area contributed by atoms with Gasteiger partial charge in [-0.1, -0.05) is 36.4 Å². The highest BCUT2D eigenvalue weighted by Crippen LogP contribution is 2.27. The molecule has 5 rings (SSSR count). The maximum absolute atomic E-state index is 12.2. The van der Waals surface area contributed by atoms with Crippen molar-refractivity contribution in [2.75, 3.05) is 11.9 Å². The lowest BCUT2D eigenvalue weighted by Crippen LogP contribution is -2.20. The summed E-state index contributed by atoms with van der Waals surface area (Å²) >= 11 is 1.31. The molecule has 0 aliphatic heterocycles. The molecule has 2 heterocycles. The number of hydrogen-bond acceptors (Lipinski definition) is 7. The van der Waals surface area contributed by atoms with E-state index in [0.717, 1.165) is 22.0 Å². The largest absolute Gasteiger partial charge is 0.452 e. The lowest BCUT2D eigenvalue weighted by molar-refractivity contribution is -0.119. The highest BCUT2D eigenvalue weighted by Gasteiger charge is 2.14. The van der Waals surface area contributed by atoms with Gasteiger partial charge in [0.15, 0.2) is 23.7 Å². The Hall–Kier alpha value is -4.04. The molecule has 0 fully saturated rings. The van der Waals surface area contributed by atoms with E-state index in [4.69, 9.17) is 9.15 Å². The Kier molecular flexibility index (Phi) is 4.89. The zero-order valence-electron chi connectivity index (χ0n) is 16.1. The summed E-state index contributed by atoms with van der Waals surface area (Å²) in [6.07, 6.45) is 1.30. The minimum absolute atomic E-state index is 0.282. The summed E-state index contributed by atoms with van der Waals surface area (Å²) in [5, 5.41) is 7.25. The summed E-state index contributed by atoms with van der Waals surface area (Å²) in [6.45, 7) is -0.418. The van der Waals surface area contributed by atoms with Gasteiger partial charge in [0.25, 0.3) is 5.91 Å². The number of rotatable bonds is 5. The highest BCUT2D eigenvalue weighted by atomic mass is 32.1. The monoisotopic (exact) mass is 429 g/mol. The van der Waals surface area contributed by atoms with E-state index in [1.54, 1.807) is 12.1 Å². The van der Waals surface area contributed by atoms with Crippen LogP contribution in [0.3, 0.4) is 0 Å². The number of anilines is 1. The summed E-state index contributed by atoms with van der Waals surface area (Å²) in [7, 11) is 0. The van der Waals surface area contributed by atoms with Crippen LogP contribution in [0.5, 0.6) is 0 Å². The zero-order valence-corrected chi connectivity index (χ0v) is 16.9. The number of ether oxygens (including phenoxy) is 1. The maximum Gasteiger partial charge on any atom is 0.338 e. The maximum atomic E-state index is 12.2. The summed E-state index contributed by atoms with van der Waals surface area (Å²) in [5.41, 5.74) is 3.13. The first-order valence-corrected chi connectivity index (χ1v) is 10.3. The van der Waals surface area contributed by atoms with Crippen LogP contribution in [0.1, 0.15) is 10.4 Å². The van der Waals surface area contributed by atoms with Crippen molar-refractivity contribution >= 4 is 50.2 Å². The average Bonchev–Trinajstić information content (AvgIpc) is 3.46. The predicted octanol–water partition coefficient (Wildman–Crippen LogP) is 4.90. The third-order valence-corrected chi connectivity index (χ3v) is 5.45. The molecule has 152 valence electrons. The first-order chi connectivity index (χ1) is 15.2. The fourth-order valence-corrected chi connectivity index (χ4v) is 3.90. The molecule has 31 heavy (non-hydrogen) atoms. The van der Waals surface area contributed by atoms with E-state index in [2.05, 4.69) is 27.4 Å². The third-order valence-electron chi connectivity index (χ3n) is 4.70. The molecule has 5 aromatic rings. The summed E-state index contributed by atoms with van der Waals surface area (Å²) in [4.78, 5) is 32.8. The number of carbonyl (C=O) groups excluding carboxylic acids is 2. The van der Waals surface area contributed by atoms with E-state index in [9.17, 15) is 9.59 Å². The van der Waals surface area contributed by atoms with E-state index in [1.807, 2.05) is 35.7 Å². The molecule has 0 atom stereocenters. The average molecular weight is 429 g/mol. The second-order valence-electron chi connectivity index (χ2n) is 6.76. The Morgan fingerprint density at radius 2 is 1.90 bits per heavy atom. The first kappa shape index (κ1) is 19.0. The topological polar surface area (TPSA) is 94.3 Å². The van der Waals surface area contributed by atoms with Crippen LogP contribution in [0, 0.1) is 0 Å². The number of fused-ring (bicyclic) bond motifs is 2. The van der Waals surface area contributed by atoms with Crippen molar-refractivity contribution in [3.05, 3.63) is 78.0 Å². The van der Waals surface area contributed by atoms with Crippen LogP contribution >= 0.6 is 11.3 Å². The van der Waals surface area contributed by atoms with Gasteiger partial charge in [-0.3, -0.25) is 10.1 Å². The number of nitrogens with zero attached hydrogens (tertiary/aromatic N) is 2. The normalized spacial score (nSPS) is 11.0. The van der Waals surface area contributed by atoms with Crippen LogP contribution in [0.25, 0.3) is 33.1 Å². The van der Waals surface area contributed by atoms with Crippen molar-refractivity contribution in [3.8, 4) is 11.3 Å². The number of carbonyl (C=O) groups is 2. The molecular weight excluding hydrogens is 414 g/mol. The van der Waals surface area contributed by atoms with E-state index >= 15 is 0 Å². The van der Waals surface area contributed by atoms with Gasteiger partial charge in [-0.15, -0.1) is 11.3 Å². The molecular formula is C23H15N3O4S. The Bertz CT molecular complexity index is 1420. The van der Waals surface area contributed by atoms with Gasteiger partial charge in [-0.05, 0) is 35.0 Å². The fraction of sp³-hybridized carbons (Fsp3) is 0.0435. The first-order valence-electron chi connectivity index (χ1n) is 9.41. The number of nitrogens with one attached hydrogen (secondary N) is 1. The van der Waals surface area contributed by atoms with Crippen molar-refractivity contribution in [2.24, 2.45) is 0 Å². The number of thiazole rings is 1. The number of aromatic nitrogens is 2. The van der Waals surface area contributed by atoms with Crippen LogP contribution in [0.15, 0.2) is 76.9 Å². The molecule has 1 N–H and O–H groups in total. The van der Waals surface area contributed by atoms with Crippen molar-refractivity contribution in [1.82, 2.24) is 9.97 Å². The van der Waals surface area contributed by atoms with Crippen LogP contribution in [0.2, 0.25) is 0 Å². The Balaban J connectivity index is 1.21. The number of benzene rings is 3. The van der Waals surface area contributed by atoms with E-state index in [1.165, 1.54) is 23.8 Å². The molecule has 0 saturated carbocycles. The number of oxazole rings is 1. The number of hydrogen-bond donors (Lipinski definition) is 1. The minimum Gasteiger partial charge on any atom is -0.452 e. The molecule has 0 aliphatic rings. The lowest BCUT2D eigenvalue weighted by atomic mass is 10.1. The van der Waals surface area contributed by atoms with Gasteiger partial charge in [0, 0.05) is 10.9 Å². The smallest absolute Gasteiger partial charge is 0.338 e. The predicted molar refractivity (Wildman–Crippen MR) is 118 cm³/mol. The zero-order chi connectivity index (χ0) is 21.2. The van der Waals surface area contributed by atoms with Crippen LogP contribution in [-0.2, 0) is 9.53 Å². The number of amides is 1. The van der Waals surface area contributed by atoms with E-state index in [0.29, 0.717) is 16.2 Å².